The Hall–Kier alpha value is -2.01. The second-order valence-corrected chi connectivity index (χ2v) is 4.97. The van der Waals surface area contributed by atoms with Crippen LogP contribution in [-0.2, 0) is 13.6 Å². The van der Waals surface area contributed by atoms with Crippen molar-refractivity contribution in [3.05, 3.63) is 34.1 Å². The molecule has 1 aromatic carbocycles. The van der Waals surface area contributed by atoms with Crippen LogP contribution in [0, 0.1) is 0 Å². The number of aromatic nitrogens is 1. The van der Waals surface area contributed by atoms with E-state index in [-0.39, 0.29) is 5.56 Å². The highest BCUT2D eigenvalue weighted by atomic mass is 16.5. The highest BCUT2D eigenvalue weighted by Gasteiger charge is 2.14. The summed E-state index contributed by atoms with van der Waals surface area (Å²) in [5.41, 5.74) is 1.62. The molecule has 1 aliphatic rings. The zero-order valence-corrected chi connectivity index (χ0v) is 11.7. The molecule has 0 spiro atoms. The van der Waals surface area contributed by atoms with Gasteiger partial charge in [-0.15, -0.1) is 0 Å². The Morgan fingerprint density at radius 2 is 1.90 bits per heavy atom. The number of hydrogen-bond donors (Lipinski definition) is 1. The van der Waals surface area contributed by atoms with Gasteiger partial charge in [0.25, 0.3) is 5.56 Å². The molecule has 0 amide bonds. The molecule has 0 bridgehead atoms. The fourth-order valence-corrected chi connectivity index (χ4v) is 2.51. The fourth-order valence-electron chi connectivity index (χ4n) is 2.51. The maximum absolute atomic E-state index is 12.3. The molecule has 106 valence electrons. The first-order valence-corrected chi connectivity index (χ1v) is 6.77. The highest BCUT2D eigenvalue weighted by Crippen LogP contribution is 2.33. The van der Waals surface area contributed by atoms with Gasteiger partial charge in [-0.1, -0.05) is 0 Å². The first kappa shape index (κ1) is 13.0. The smallest absolute Gasteiger partial charge is 0.255 e. The van der Waals surface area contributed by atoms with Crippen molar-refractivity contribution < 1.29 is 9.47 Å². The lowest BCUT2D eigenvalue weighted by molar-refractivity contribution is 0.297. The average Bonchev–Trinajstić information content (AvgIpc) is 2.68. The number of rotatable bonds is 2. The lowest BCUT2D eigenvalue weighted by atomic mass is 10.1. The quantitative estimate of drug-likeness (QED) is 0.900. The number of nitrogens with zero attached hydrogens (tertiary/aromatic N) is 1. The zero-order chi connectivity index (χ0) is 14.1. The largest absolute Gasteiger partial charge is 0.490 e. The van der Waals surface area contributed by atoms with Crippen molar-refractivity contribution >= 4 is 10.9 Å². The first-order valence-electron chi connectivity index (χ1n) is 6.77. The van der Waals surface area contributed by atoms with Crippen LogP contribution in [0.1, 0.15) is 12.0 Å². The van der Waals surface area contributed by atoms with Gasteiger partial charge in [0.1, 0.15) is 0 Å². The van der Waals surface area contributed by atoms with E-state index in [9.17, 15) is 4.79 Å². The molecule has 5 heteroatoms. The van der Waals surface area contributed by atoms with E-state index in [2.05, 4.69) is 5.32 Å². The van der Waals surface area contributed by atoms with Crippen LogP contribution in [0.15, 0.2) is 23.0 Å². The van der Waals surface area contributed by atoms with Crippen LogP contribution in [0.25, 0.3) is 10.9 Å². The Labute approximate surface area is 117 Å². The Bertz CT molecular complexity index is 706. The summed E-state index contributed by atoms with van der Waals surface area (Å²) in [7, 11) is 3.62. The molecule has 0 atom stereocenters. The summed E-state index contributed by atoms with van der Waals surface area (Å²) < 4.78 is 13.0. The van der Waals surface area contributed by atoms with Crippen molar-refractivity contribution in [2.75, 3.05) is 20.3 Å². The number of fused-ring (bicyclic) bond motifs is 2. The van der Waals surface area contributed by atoms with Gasteiger partial charge in [-0.2, -0.15) is 0 Å². The summed E-state index contributed by atoms with van der Waals surface area (Å²) in [5, 5.41) is 4.01. The van der Waals surface area contributed by atoms with Crippen LogP contribution in [0.4, 0.5) is 0 Å². The molecule has 20 heavy (non-hydrogen) atoms. The maximum Gasteiger partial charge on any atom is 0.255 e. The third kappa shape index (κ3) is 2.14. The number of nitrogens with one attached hydrogen (secondary N) is 1. The van der Waals surface area contributed by atoms with E-state index in [1.165, 1.54) is 0 Å². The second kappa shape index (κ2) is 5.17. The lowest BCUT2D eigenvalue weighted by Crippen LogP contribution is -2.24. The van der Waals surface area contributed by atoms with Crippen LogP contribution in [0.3, 0.4) is 0 Å². The normalized spacial score (nSPS) is 14.3. The minimum absolute atomic E-state index is 0.0151. The fraction of sp³-hybridized carbons (Fsp3) is 0.400. The van der Waals surface area contributed by atoms with E-state index in [1.54, 1.807) is 11.6 Å². The van der Waals surface area contributed by atoms with E-state index in [1.807, 2.05) is 25.2 Å². The molecule has 2 heterocycles. The second-order valence-electron chi connectivity index (χ2n) is 4.97. The van der Waals surface area contributed by atoms with Crippen molar-refractivity contribution in [1.82, 2.24) is 9.88 Å². The average molecular weight is 274 g/mol. The minimum atomic E-state index is 0.0151. The third-order valence-corrected chi connectivity index (χ3v) is 3.53. The zero-order valence-electron chi connectivity index (χ0n) is 11.7. The number of hydrogen-bond acceptors (Lipinski definition) is 4. The summed E-state index contributed by atoms with van der Waals surface area (Å²) in [5.74, 6) is 1.47. The number of benzene rings is 1. The van der Waals surface area contributed by atoms with Crippen molar-refractivity contribution in [2.24, 2.45) is 7.05 Å². The van der Waals surface area contributed by atoms with Gasteiger partial charge >= 0.3 is 0 Å². The molecule has 1 aromatic heterocycles. The van der Waals surface area contributed by atoms with Crippen LogP contribution in [0.5, 0.6) is 11.5 Å². The van der Waals surface area contributed by atoms with Gasteiger partial charge in [0.2, 0.25) is 0 Å². The minimum Gasteiger partial charge on any atom is -0.490 e. The summed E-state index contributed by atoms with van der Waals surface area (Å²) in [4.78, 5) is 12.3. The van der Waals surface area contributed by atoms with E-state index >= 15 is 0 Å². The topological polar surface area (TPSA) is 52.5 Å². The van der Waals surface area contributed by atoms with Crippen molar-refractivity contribution in [3.63, 3.8) is 0 Å². The molecule has 0 fully saturated rings. The Morgan fingerprint density at radius 3 is 2.60 bits per heavy atom. The molecule has 5 nitrogen and oxygen atoms in total. The Balaban J connectivity index is 2.23. The van der Waals surface area contributed by atoms with Crippen molar-refractivity contribution in [1.29, 1.82) is 0 Å². The number of pyridine rings is 1. The number of aryl methyl sites for hydroxylation is 1. The SMILES string of the molecule is CNCc1cc2cc3c(cc2n(C)c1=O)OCCCO3. The van der Waals surface area contributed by atoms with Gasteiger partial charge in [-0.25, -0.2) is 0 Å². The summed E-state index contributed by atoms with van der Waals surface area (Å²) >= 11 is 0. The van der Waals surface area contributed by atoms with Gasteiger partial charge in [0, 0.05) is 37.0 Å². The standard InChI is InChI=1S/C15H18N2O3/c1-16-9-11-6-10-7-13-14(20-5-3-4-19-13)8-12(10)17(2)15(11)18/h6-8,16H,3-5,9H2,1-2H3. The third-order valence-electron chi connectivity index (χ3n) is 3.53. The molecular formula is C15H18N2O3. The molecule has 0 aliphatic carbocycles. The molecule has 0 unspecified atom stereocenters. The van der Waals surface area contributed by atoms with Gasteiger partial charge in [0.15, 0.2) is 11.5 Å². The molecular weight excluding hydrogens is 256 g/mol. The predicted octanol–water partition coefficient (Wildman–Crippen LogP) is 1.42. The maximum atomic E-state index is 12.3. The van der Waals surface area contributed by atoms with Crippen LogP contribution < -0.4 is 20.3 Å². The van der Waals surface area contributed by atoms with Gasteiger partial charge in [0.05, 0.1) is 18.7 Å². The Morgan fingerprint density at radius 1 is 1.20 bits per heavy atom. The molecule has 1 aliphatic heterocycles. The van der Waals surface area contributed by atoms with Gasteiger partial charge < -0.3 is 19.4 Å². The lowest BCUT2D eigenvalue weighted by Gasteiger charge is -2.13. The van der Waals surface area contributed by atoms with Crippen LogP contribution in [0.2, 0.25) is 0 Å². The predicted molar refractivity (Wildman–Crippen MR) is 77.6 cm³/mol. The molecule has 1 N–H and O–H groups in total. The summed E-state index contributed by atoms with van der Waals surface area (Å²) in [6.45, 7) is 1.86. The molecule has 0 saturated heterocycles. The monoisotopic (exact) mass is 274 g/mol. The van der Waals surface area contributed by atoms with Crippen molar-refractivity contribution in [2.45, 2.75) is 13.0 Å². The van der Waals surface area contributed by atoms with Gasteiger partial charge in [-0.3, -0.25) is 4.79 Å². The van der Waals surface area contributed by atoms with E-state index in [0.717, 1.165) is 28.6 Å². The highest BCUT2D eigenvalue weighted by molar-refractivity contribution is 5.83. The summed E-state index contributed by atoms with van der Waals surface area (Å²) in [6, 6.07) is 5.76. The molecule has 0 saturated carbocycles. The summed E-state index contributed by atoms with van der Waals surface area (Å²) in [6.07, 6.45) is 0.870. The van der Waals surface area contributed by atoms with Gasteiger partial charge in [-0.05, 0) is 19.2 Å². The molecule has 0 radical (unpaired) electrons. The van der Waals surface area contributed by atoms with E-state index in [4.69, 9.17) is 9.47 Å². The Kier molecular flexibility index (Phi) is 3.36. The molecule has 2 aromatic rings. The number of ether oxygens (including phenoxy) is 2. The van der Waals surface area contributed by atoms with Crippen LogP contribution >= 0.6 is 0 Å². The molecule has 3 rings (SSSR count). The first-order chi connectivity index (χ1) is 9.70. The van der Waals surface area contributed by atoms with E-state index in [0.29, 0.717) is 25.5 Å². The van der Waals surface area contributed by atoms with Crippen molar-refractivity contribution in [3.8, 4) is 11.5 Å². The van der Waals surface area contributed by atoms with E-state index < -0.39 is 0 Å². The van der Waals surface area contributed by atoms with Crippen LogP contribution in [-0.4, -0.2) is 24.8 Å².